The topological polar surface area (TPSA) is 114 Å². The summed E-state index contributed by atoms with van der Waals surface area (Å²) in [6.45, 7) is 3.90. The third kappa shape index (κ3) is 4.49. The highest BCUT2D eigenvalue weighted by Gasteiger charge is 2.21. The molecule has 1 heterocycles. The predicted molar refractivity (Wildman–Crippen MR) is 71.7 cm³/mol. The van der Waals surface area contributed by atoms with Crippen LogP contribution in [0.4, 0.5) is 5.82 Å². The molecule has 0 bridgehead atoms. The lowest BCUT2D eigenvalue weighted by Gasteiger charge is -2.14. The molecule has 4 N–H and O–H groups in total. The molecule has 0 spiro atoms. The van der Waals surface area contributed by atoms with Gasteiger partial charge in [0.25, 0.3) is 0 Å². The zero-order chi connectivity index (χ0) is 14.5. The first kappa shape index (κ1) is 15.4. The van der Waals surface area contributed by atoms with Crippen molar-refractivity contribution < 1.29 is 13.2 Å². The van der Waals surface area contributed by atoms with Crippen molar-refractivity contribution in [3.63, 3.8) is 0 Å². The molecule has 1 unspecified atom stereocenters. The maximum absolute atomic E-state index is 12.0. The van der Waals surface area contributed by atoms with Gasteiger partial charge in [-0.15, -0.1) is 0 Å². The van der Waals surface area contributed by atoms with Gasteiger partial charge in [-0.3, -0.25) is 4.79 Å². The number of nitrogen functional groups attached to an aromatic ring is 1. The number of nitrogens with zero attached hydrogens (tertiary/aromatic N) is 1. The van der Waals surface area contributed by atoms with Crippen LogP contribution in [0.1, 0.15) is 20.3 Å². The minimum Gasteiger partial charge on any atom is -0.384 e. The van der Waals surface area contributed by atoms with E-state index in [1.165, 1.54) is 19.1 Å². The standard InChI is InChI=1S/C11H18N4O3S/c1-3-6-13-11(16)8(2)15-19(17,18)9-4-5-10(12)14-7-9/h4-5,7-8,15H,3,6H2,1-2H3,(H2,12,14)(H,13,16). The number of carbonyl (C=O) groups is 1. The molecular formula is C11H18N4O3S. The minimum atomic E-state index is -3.78. The lowest BCUT2D eigenvalue weighted by Crippen LogP contribution is -2.44. The molecule has 0 aliphatic rings. The molecular weight excluding hydrogens is 268 g/mol. The van der Waals surface area contributed by atoms with Crippen LogP contribution in [-0.4, -0.2) is 31.9 Å². The van der Waals surface area contributed by atoms with Crippen molar-refractivity contribution in [2.24, 2.45) is 0 Å². The van der Waals surface area contributed by atoms with Crippen LogP contribution >= 0.6 is 0 Å². The highest BCUT2D eigenvalue weighted by atomic mass is 32.2. The molecule has 0 radical (unpaired) electrons. The Morgan fingerprint density at radius 1 is 1.47 bits per heavy atom. The van der Waals surface area contributed by atoms with Crippen LogP contribution in [-0.2, 0) is 14.8 Å². The van der Waals surface area contributed by atoms with Crippen molar-refractivity contribution in [2.45, 2.75) is 31.2 Å². The number of anilines is 1. The van der Waals surface area contributed by atoms with Gasteiger partial charge < -0.3 is 11.1 Å². The van der Waals surface area contributed by atoms with Gasteiger partial charge >= 0.3 is 0 Å². The van der Waals surface area contributed by atoms with Crippen LogP contribution in [0.3, 0.4) is 0 Å². The van der Waals surface area contributed by atoms with E-state index in [4.69, 9.17) is 5.73 Å². The summed E-state index contributed by atoms with van der Waals surface area (Å²) < 4.78 is 26.2. The van der Waals surface area contributed by atoms with E-state index in [2.05, 4.69) is 15.0 Å². The number of carbonyl (C=O) groups excluding carboxylic acids is 1. The maximum Gasteiger partial charge on any atom is 0.242 e. The number of hydrogen-bond acceptors (Lipinski definition) is 5. The number of rotatable bonds is 6. The van der Waals surface area contributed by atoms with Crippen molar-refractivity contribution in [2.75, 3.05) is 12.3 Å². The number of sulfonamides is 1. The van der Waals surface area contributed by atoms with Gasteiger partial charge in [-0.25, -0.2) is 13.4 Å². The highest BCUT2D eigenvalue weighted by Crippen LogP contribution is 2.09. The highest BCUT2D eigenvalue weighted by molar-refractivity contribution is 7.89. The lowest BCUT2D eigenvalue weighted by atomic mass is 10.3. The molecule has 0 saturated carbocycles. The van der Waals surface area contributed by atoms with Gasteiger partial charge in [0.2, 0.25) is 15.9 Å². The summed E-state index contributed by atoms with van der Waals surface area (Å²) in [5, 5.41) is 2.61. The summed E-state index contributed by atoms with van der Waals surface area (Å²) in [7, 11) is -3.78. The van der Waals surface area contributed by atoms with Crippen LogP contribution in [0.15, 0.2) is 23.2 Å². The van der Waals surface area contributed by atoms with Crippen LogP contribution in [0.5, 0.6) is 0 Å². The summed E-state index contributed by atoms with van der Waals surface area (Å²) >= 11 is 0. The summed E-state index contributed by atoms with van der Waals surface area (Å²) in [6, 6.07) is 1.87. The first-order chi connectivity index (χ1) is 8.86. The van der Waals surface area contributed by atoms with E-state index in [9.17, 15) is 13.2 Å². The molecule has 0 fully saturated rings. The number of nitrogens with one attached hydrogen (secondary N) is 2. The summed E-state index contributed by atoms with van der Waals surface area (Å²) in [6.07, 6.45) is 1.93. The van der Waals surface area contributed by atoms with Crippen molar-refractivity contribution in [1.82, 2.24) is 15.0 Å². The molecule has 1 atom stereocenters. The number of amides is 1. The van der Waals surface area contributed by atoms with Gasteiger partial charge in [-0.2, -0.15) is 4.72 Å². The first-order valence-corrected chi connectivity index (χ1v) is 7.36. The molecule has 0 aromatic carbocycles. The van der Waals surface area contributed by atoms with E-state index in [-0.39, 0.29) is 16.6 Å². The smallest absolute Gasteiger partial charge is 0.242 e. The normalized spacial score (nSPS) is 12.9. The van der Waals surface area contributed by atoms with Crippen molar-refractivity contribution in [3.8, 4) is 0 Å². The molecule has 1 amide bonds. The molecule has 0 aliphatic carbocycles. The van der Waals surface area contributed by atoms with Gasteiger partial charge in [-0.1, -0.05) is 6.92 Å². The number of hydrogen-bond donors (Lipinski definition) is 3. The molecule has 0 aliphatic heterocycles. The molecule has 8 heteroatoms. The van der Waals surface area contributed by atoms with E-state index in [0.717, 1.165) is 12.6 Å². The van der Waals surface area contributed by atoms with Gasteiger partial charge in [0.15, 0.2) is 0 Å². The quantitative estimate of drug-likeness (QED) is 0.673. The minimum absolute atomic E-state index is 0.0307. The Labute approximate surface area is 112 Å². The Kier molecular flexibility index (Phi) is 5.25. The van der Waals surface area contributed by atoms with Gasteiger partial charge in [-0.05, 0) is 25.5 Å². The average molecular weight is 286 g/mol. The van der Waals surface area contributed by atoms with E-state index in [1.54, 1.807) is 0 Å². The van der Waals surface area contributed by atoms with Gasteiger partial charge in [0, 0.05) is 12.7 Å². The Bertz CT molecular complexity index is 527. The van der Waals surface area contributed by atoms with E-state index in [1.807, 2.05) is 6.92 Å². The first-order valence-electron chi connectivity index (χ1n) is 5.88. The molecule has 1 rings (SSSR count). The molecule has 0 saturated heterocycles. The monoisotopic (exact) mass is 286 g/mol. The fourth-order valence-corrected chi connectivity index (χ4v) is 2.45. The molecule has 1 aromatic rings. The zero-order valence-electron chi connectivity index (χ0n) is 10.9. The van der Waals surface area contributed by atoms with Gasteiger partial charge in [0.05, 0.1) is 6.04 Å². The summed E-state index contributed by atoms with van der Waals surface area (Å²) in [4.78, 5) is 15.3. The third-order valence-corrected chi connectivity index (χ3v) is 3.87. The van der Waals surface area contributed by atoms with Crippen LogP contribution < -0.4 is 15.8 Å². The maximum atomic E-state index is 12.0. The second-order valence-corrected chi connectivity index (χ2v) is 5.77. The van der Waals surface area contributed by atoms with Crippen LogP contribution in [0.25, 0.3) is 0 Å². The van der Waals surface area contributed by atoms with E-state index < -0.39 is 16.1 Å². The Hall–Kier alpha value is -1.67. The Morgan fingerprint density at radius 3 is 2.68 bits per heavy atom. The van der Waals surface area contributed by atoms with Crippen molar-refractivity contribution >= 4 is 21.7 Å². The summed E-state index contributed by atoms with van der Waals surface area (Å²) in [5.74, 6) is -0.137. The van der Waals surface area contributed by atoms with Crippen LogP contribution in [0.2, 0.25) is 0 Å². The zero-order valence-corrected chi connectivity index (χ0v) is 11.7. The molecule has 19 heavy (non-hydrogen) atoms. The second-order valence-electron chi connectivity index (χ2n) is 4.05. The Morgan fingerprint density at radius 2 is 2.16 bits per heavy atom. The van der Waals surface area contributed by atoms with Gasteiger partial charge in [0.1, 0.15) is 10.7 Å². The average Bonchev–Trinajstić information content (AvgIpc) is 2.35. The van der Waals surface area contributed by atoms with Crippen molar-refractivity contribution in [1.29, 1.82) is 0 Å². The second kappa shape index (κ2) is 6.48. The van der Waals surface area contributed by atoms with Crippen LogP contribution in [0, 0.1) is 0 Å². The van der Waals surface area contributed by atoms with Crippen molar-refractivity contribution in [3.05, 3.63) is 18.3 Å². The number of nitrogens with two attached hydrogens (primary N) is 1. The Balaban J connectivity index is 2.74. The fraction of sp³-hybridized carbons (Fsp3) is 0.455. The largest absolute Gasteiger partial charge is 0.384 e. The predicted octanol–water partition coefficient (Wildman–Crippen LogP) is -0.143. The molecule has 106 valence electrons. The molecule has 1 aromatic heterocycles. The lowest BCUT2D eigenvalue weighted by molar-refractivity contribution is -0.122. The summed E-state index contributed by atoms with van der Waals surface area (Å²) in [5.41, 5.74) is 5.38. The van der Waals surface area contributed by atoms with E-state index >= 15 is 0 Å². The number of pyridine rings is 1. The SMILES string of the molecule is CCCNC(=O)C(C)NS(=O)(=O)c1ccc(N)nc1. The third-order valence-electron chi connectivity index (χ3n) is 2.34. The fourth-order valence-electron chi connectivity index (χ4n) is 1.31. The molecule has 7 nitrogen and oxygen atoms in total. The number of aromatic nitrogens is 1. The van der Waals surface area contributed by atoms with E-state index in [0.29, 0.717) is 6.54 Å².